The minimum absolute atomic E-state index is 0.0114. The van der Waals surface area contributed by atoms with Crippen LogP contribution in [0.2, 0.25) is 0 Å². The number of hydrogen-bond donors (Lipinski definition) is 1. The van der Waals surface area contributed by atoms with Crippen LogP contribution in [-0.4, -0.2) is 12.8 Å². The van der Waals surface area contributed by atoms with Gasteiger partial charge in [-0.25, -0.2) is 8.42 Å². The minimum Gasteiger partial charge on any atom is -0.208 e. The van der Waals surface area contributed by atoms with E-state index in [1.807, 2.05) is 19.1 Å². The molecule has 1 rings (SSSR count). The van der Waals surface area contributed by atoms with Crippen molar-refractivity contribution in [2.24, 2.45) is 5.29 Å². The second kappa shape index (κ2) is 4.71. The molecule has 14 heavy (non-hydrogen) atoms. The van der Waals surface area contributed by atoms with Gasteiger partial charge in [0.25, 0.3) is 0 Å². The Kier molecular flexibility index (Phi) is 3.58. The summed E-state index contributed by atoms with van der Waals surface area (Å²) in [6.07, 6.45) is 0. The predicted molar refractivity (Wildman–Crippen MR) is 52.8 cm³/mol. The lowest BCUT2D eigenvalue weighted by molar-refractivity contribution is 0.438. The number of hydrogen-bond acceptors (Lipinski definition) is 4. The first kappa shape index (κ1) is 10.6. The fourth-order valence-electron chi connectivity index (χ4n) is 0.973. The molecule has 0 aliphatic carbocycles. The van der Waals surface area contributed by atoms with Gasteiger partial charge in [-0.05, 0) is 12.5 Å². The van der Waals surface area contributed by atoms with E-state index in [1.165, 1.54) is 0 Å². The lowest BCUT2D eigenvalue weighted by atomic mass is 10.1. The lowest BCUT2D eigenvalue weighted by Gasteiger charge is -2.06. The molecule has 0 saturated heterocycles. The van der Waals surface area contributed by atoms with Crippen LogP contribution in [0.5, 0.6) is 0 Å². The number of aryl methyl sites for hydroxylation is 1. The SMILES string of the molecule is Cc1ccc(CN(N=O)[SH](=O)=O)cc1. The third-order valence-corrected chi connectivity index (χ3v) is 2.32. The number of thiol groups is 1. The van der Waals surface area contributed by atoms with E-state index in [2.05, 4.69) is 5.29 Å². The average molecular weight is 214 g/mol. The molecule has 0 aliphatic heterocycles. The van der Waals surface area contributed by atoms with E-state index in [0.29, 0.717) is 4.41 Å². The summed E-state index contributed by atoms with van der Waals surface area (Å²) in [5.41, 5.74) is 1.81. The molecule has 0 bridgehead atoms. The van der Waals surface area contributed by atoms with E-state index in [4.69, 9.17) is 0 Å². The smallest absolute Gasteiger partial charge is 0.208 e. The normalized spacial score (nSPS) is 10.1. The molecular formula is C8H10N2O3S. The summed E-state index contributed by atoms with van der Waals surface area (Å²) in [5, 5.41) is 2.39. The van der Waals surface area contributed by atoms with Crippen LogP contribution in [0.4, 0.5) is 0 Å². The minimum atomic E-state index is -2.94. The molecule has 0 spiro atoms. The molecule has 0 aliphatic rings. The van der Waals surface area contributed by atoms with E-state index >= 15 is 0 Å². The molecule has 76 valence electrons. The molecule has 0 unspecified atom stereocenters. The molecule has 0 aromatic heterocycles. The molecule has 0 heterocycles. The van der Waals surface area contributed by atoms with Gasteiger partial charge in [-0.1, -0.05) is 29.8 Å². The summed E-state index contributed by atoms with van der Waals surface area (Å²) in [6, 6.07) is 7.20. The first-order valence-corrected chi connectivity index (χ1v) is 5.07. The van der Waals surface area contributed by atoms with Gasteiger partial charge in [0.2, 0.25) is 10.9 Å². The third kappa shape index (κ3) is 2.81. The molecule has 0 fully saturated rings. The molecule has 0 atom stereocenters. The van der Waals surface area contributed by atoms with Crippen LogP contribution in [0.15, 0.2) is 29.6 Å². The van der Waals surface area contributed by atoms with Crippen LogP contribution < -0.4 is 0 Å². The van der Waals surface area contributed by atoms with E-state index in [9.17, 15) is 13.3 Å². The Labute approximate surface area is 83.4 Å². The van der Waals surface area contributed by atoms with Crippen LogP contribution in [0.3, 0.4) is 0 Å². The van der Waals surface area contributed by atoms with E-state index < -0.39 is 10.9 Å². The highest BCUT2D eigenvalue weighted by Gasteiger charge is 2.05. The molecule has 5 nitrogen and oxygen atoms in total. The maximum atomic E-state index is 10.5. The number of benzene rings is 1. The fraction of sp³-hybridized carbons (Fsp3) is 0.250. The maximum Gasteiger partial charge on any atom is 0.242 e. The average Bonchev–Trinajstić information content (AvgIpc) is 2.16. The van der Waals surface area contributed by atoms with E-state index in [0.717, 1.165) is 11.1 Å². The highest BCUT2D eigenvalue weighted by Crippen LogP contribution is 2.06. The Morgan fingerprint density at radius 2 is 1.86 bits per heavy atom. The Morgan fingerprint density at radius 3 is 2.29 bits per heavy atom. The van der Waals surface area contributed by atoms with Crippen molar-refractivity contribution in [1.29, 1.82) is 0 Å². The monoisotopic (exact) mass is 214 g/mol. The number of nitroso groups, excluding NO2 is 1. The first-order chi connectivity index (χ1) is 6.63. The zero-order chi connectivity index (χ0) is 10.6. The highest BCUT2D eigenvalue weighted by atomic mass is 32.2. The van der Waals surface area contributed by atoms with Crippen LogP contribution >= 0.6 is 0 Å². The van der Waals surface area contributed by atoms with E-state index in [1.54, 1.807) is 12.1 Å². The molecule has 0 radical (unpaired) electrons. The molecular weight excluding hydrogens is 204 g/mol. The molecule has 6 heteroatoms. The third-order valence-electron chi connectivity index (χ3n) is 1.73. The standard InChI is InChI=1S/C8H10N2O3S/c1-7-2-4-8(5-3-7)6-10(9-11)14(12)13/h2-5,14H,6H2,1H3. The van der Waals surface area contributed by atoms with Crippen molar-refractivity contribution >= 4 is 10.9 Å². The van der Waals surface area contributed by atoms with Gasteiger partial charge in [-0.15, -0.1) is 4.91 Å². The summed E-state index contributed by atoms with van der Waals surface area (Å²) < 4.78 is 21.4. The summed E-state index contributed by atoms with van der Waals surface area (Å²) >= 11 is 0. The van der Waals surface area contributed by atoms with Gasteiger partial charge in [0.1, 0.15) is 0 Å². The van der Waals surface area contributed by atoms with E-state index in [-0.39, 0.29) is 6.54 Å². The van der Waals surface area contributed by atoms with Gasteiger partial charge >= 0.3 is 0 Å². The number of nitrogens with zero attached hydrogens (tertiary/aromatic N) is 2. The van der Waals surface area contributed by atoms with Gasteiger partial charge < -0.3 is 0 Å². The molecule has 0 amide bonds. The summed E-state index contributed by atoms with van der Waals surface area (Å²) in [5.74, 6) is 0. The molecule has 0 saturated carbocycles. The van der Waals surface area contributed by atoms with Gasteiger partial charge in [-0.2, -0.15) is 4.41 Å². The van der Waals surface area contributed by atoms with Gasteiger partial charge in [-0.3, -0.25) is 0 Å². The van der Waals surface area contributed by atoms with Crippen molar-refractivity contribution in [3.8, 4) is 0 Å². The predicted octanol–water partition coefficient (Wildman–Crippen LogP) is 1.00. The summed E-state index contributed by atoms with van der Waals surface area (Å²) in [7, 11) is -2.94. The van der Waals surface area contributed by atoms with Crippen molar-refractivity contribution in [1.82, 2.24) is 4.41 Å². The van der Waals surface area contributed by atoms with Gasteiger partial charge in [0.05, 0.1) is 11.8 Å². The maximum absolute atomic E-state index is 10.5. The summed E-state index contributed by atoms with van der Waals surface area (Å²) in [4.78, 5) is 10.1. The van der Waals surface area contributed by atoms with Crippen LogP contribution in [0, 0.1) is 11.8 Å². The fourth-order valence-corrected chi connectivity index (χ4v) is 1.31. The van der Waals surface area contributed by atoms with Crippen LogP contribution in [-0.2, 0) is 17.4 Å². The van der Waals surface area contributed by atoms with Crippen molar-refractivity contribution in [2.45, 2.75) is 13.5 Å². The summed E-state index contributed by atoms with van der Waals surface area (Å²) in [6.45, 7) is 1.91. The quantitative estimate of drug-likeness (QED) is 0.462. The molecule has 1 aromatic rings. The van der Waals surface area contributed by atoms with Gasteiger partial charge in [0, 0.05) is 0 Å². The number of rotatable bonds is 4. The highest BCUT2D eigenvalue weighted by molar-refractivity contribution is 7.69. The zero-order valence-corrected chi connectivity index (χ0v) is 8.48. The molecule has 0 N–H and O–H groups in total. The zero-order valence-electron chi connectivity index (χ0n) is 7.58. The first-order valence-electron chi connectivity index (χ1n) is 3.94. The Hall–Kier alpha value is -1.43. The Morgan fingerprint density at radius 1 is 1.29 bits per heavy atom. The Bertz CT molecular complexity index is 378. The van der Waals surface area contributed by atoms with Crippen molar-refractivity contribution in [3.05, 3.63) is 40.3 Å². The van der Waals surface area contributed by atoms with Crippen molar-refractivity contribution in [2.75, 3.05) is 0 Å². The van der Waals surface area contributed by atoms with Crippen molar-refractivity contribution in [3.63, 3.8) is 0 Å². The van der Waals surface area contributed by atoms with Crippen molar-refractivity contribution < 1.29 is 8.42 Å². The van der Waals surface area contributed by atoms with Crippen LogP contribution in [0.1, 0.15) is 11.1 Å². The second-order valence-electron chi connectivity index (χ2n) is 2.84. The Balaban J connectivity index is 2.77. The van der Waals surface area contributed by atoms with Gasteiger partial charge in [0.15, 0.2) is 0 Å². The largest absolute Gasteiger partial charge is 0.242 e. The molecule has 1 aromatic carbocycles. The van der Waals surface area contributed by atoms with Crippen LogP contribution in [0.25, 0.3) is 0 Å². The second-order valence-corrected chi connectivity index (χ2v) is 3.77. The topological polar surface area (TPSA) is 66.8 Å². The lowest BCUT2D eigenvalue weighted by Crippen LogP contribution is -2.13.